The normalized spacial score (nSPS) is 16.0. The Kier molecular flexibility index (Phi) is 7.33. The molecule has 0 amide bonds. The quantitative estimate of drug-likeness (QED) is 0.541. The van der Waals surface area contributed by atoms with Crippen LogP contribution in [-0.2, 0) is 18.6 Å². The predicted octanol–water partition coefficient (Wildman–Crippen LogP) is 3.00. The summed E-state index contributed by atoms with van der Waals surface area (Å²) in [5.41, 5.74) is 0. The van der Waals surface area contributed by atoms with Crippen LogP contribution in [0, 0.1) is 0 Å². The predicted molar refractivity (Wildman–Crippen MR) is 45.8 cm³/mol. The Morgan fingerprint density at radius 1 is 0.545 bits per heavy atom. The molecule has 0 aromatic carbocycles. The third kappa shape index (κ3) is 5.96. The van der Waals surface area contributed by atoms with Crippen LogP contribution in [0.1, 0.15) is 12.8 Å². The monoisotopic (exact) mass is 183 g/mol. The second-order valence-electron chi connectivity index (χ2n) is 2.18. The van der Waals surface area contributed by atoms with Crippen LogP contribution in [0.25, 0.3) is 0 Å². The molecule has 11 heavy (non-hydrogen) atoms. The van der Waals surface area contributed by atoms with E-state index in [-0.39, 0.29) is 18.6 Å². The van der Waals surface area contributed by atoms with Gasteiger partial charge in [0.1, 0.15) is 0 Å². The van der Waals surface area contributed by atoms with Gasteiger partial charge in [-0.3, -0.25) is 0 Å². The molecule has 1 radical (unpaired) electrons. The molecule has 0 aromatic heterocycles. The summed E-state index contributed by atoms with van der Waals surface area (Å²) >= 11 is 0. The Balaban J connectivity index is 0.000000167. The van der Waals surface area contributed by atoms with Gasteiger partial charge in [-0.05, 0) is 12.8 Å². The third-order valence-electron chi connectivity index (χ3n) is 1.31. The zero-order valence-electron chi connectivity index (χ0n) is 6.48. The molecule has 1 heteroatoms. The molecule has 0 saturated heterocycles. The molecule has 2 rings (SSSR count). The molecular formula is C10H12V. The summed E-state index contributed by atoms with van der Waals surface area (Å²) in [5.74, 6) is 0. The van der Waals surface area contributed by atoms with E-state index in [0.29, 0.717) is 0 Å². The molecule has 0 atom stereocenters. The molecule has 0 aliphatic heterocycles. The zero-order chi connectivity index (χ0) is 7.07. The van der Waals surface area contributed by atoms with Crippen LogP contribution in [0.3, 0.4) is 0 Å². The van der Waals surface area contributed by atoms with Gasteiger partial charge in [-0.15, -0.1) is 0 Å². The van der Waals surface area contributed by atoms with E-state index in [0.717, 1.165) is 12.8 Å². The molecule has 0 saturated carbocycles. The minimum Gasteiger partial charge on any atom is -0.0808 e. The van der Waals surface area contributed by atoms with Crippen LogP contribution >= 0.6 is 0 Å². The van der Waals surface area contributed by atoms with E-state index >= 15 is 0 Å². The third-order valence-corrected chi connectivity index (χ3v) is 1.31. The first-order valence-corrected chi connectivity index (χ1v) is 3.63. The van der Waals surface area contributed by atoms with Crippen molar-refractivity contribution < 1.29 is 18.6 Å². The minimum absolute atomic E-state index is 0. The molecule has 0 heterocycles. The smallest absolute Gasteiger partial charge is 0 e. The molecule has 0 nitrogen and oxygen atoms in total. The van der Waals surface area contributed by atoms with Crippen molar-refractivity contribution in [3.05, 3.63) is 48.6 Å². The fraction of sp³-hybridized carbons (Fsp3) is 0.200. The fourth-order valence-corrected chi connectivity index (χ4v) is 0.786. The fourth-order valence-electron chi connectivity index (χ4n) is 0.786. The SMILES string of the molecule is C1=CCC=C1.C1=CCC=C1.[V]. The summed E-state index contributed by atoms with van der Waals surface area (Å²) in [6, 6.07) is 0. The van der Waals surface area contributed by atoms with Crippen molar-refractivity contribution in [3.8, 4) is 0 Å². The van der Waals surface area contributed by atoms with E-state index in [4.69, 9.17) is 0 Å². The molecular weight excluding hydrogens is 171 g/mol. The van der Waals surface area contributed by atoms with E-state index in [1.54, 1.807) is 0 Å². The Hall–Kier alpha value is -0.456. The molecule has 57 valence electrons. The van der Waals surface area contributed by atoms with Crippen molar-refractivity contribution in [1.82, 2.24) is 0 Å². The van der Waals surface area contributed by atoms with E-state index in [1.165, 1.54) is 0 Å². The van der Waals surface area contributed by atoms with Crippen molar-refractivity contribution in [2.24, 2.45) is 0 Å². The van der Waals surface area contributed by atoms with Gasteiger partial charge >= 0.3 is 0 Å². The second-order valence-corrected chi connectivity index (χ2v) is 2.18. The molecule has 2 aliphatic carbocycles. The molecule has 0 N–H and O–H groups in total. The van der Waals surface area contributed by atoms with Crippen LogP contribution in [0.2, 0.25) is 0 Å². The summed E-state index contributed by atoms with van der Waals surface area (Å²) in [4.78, 5) is 0. The van der Waals surface area contributed by atoms with Crippen LogP contribution in [-0.4, -0.2) is 0 Å². The van der Waals surface area contributed by atoms with Gasteiger partial charge in [0.15, 0.2) is 0 Å². The zero-order valence-corrected chi connectivity index (χ0v) is 7.88. The first kappa shape index (κ1) is 10.5. The molecule has 0 fully saturated rings. The summed E-state index contributed by atoms with van der Waals surface area (Å²) in [6.07, 6.45) is 19.0. The van der Waals surface area contributed by atoms with Crippen LogP contribution in [0.15, 0.2) is 48.6 Å². The maximum atomic E-state index is 2.12. The molecule has 2 aliphatic rings. The maximum Gasteiger partial charge on any atom is 0 e. The van der Waals surface area contributed by atoms with E-state index in [2.05, 4.69) is 48.6 Å². The van der Waals surface area contributed by atoms with Crippen molar-refractivity contribution in [2.75, 3.05) is 0 Å². The molecule has 0 bridgehead atoms. The van der Waals surface area contributed by atoms with Crippen molar-refractivity contribution in [3.63, 3.8) is 0 Å². The maximum absolute atomic E-state index is 2.12. The largest absolute Gasteiger partial charge is 0.0808 e. The van der Waals surface area contributed by atoms with Gasteiger partial charge < -0.3 is 0 Å². The Morgan fingerprint density at radius 2 is 0.818 bits per heavy atom. The Bertz CT molecular complexity index is 143. The van der Waals surface area contributed by atoms with Gasteiger partial charge in [-0.1, -0.05) is 48.6 Å². The Morgan fingerprint density at radius 3 is 0.909 bits per heavy atom. The minimum atomic E-state index is 0. The Labute approximate surface area is 80.3 Å². The number of hydrogen-bond donors (Lipinski definition) is 0. The van der Waals surface area contributed by atoms with Gasteiger partial charge in [0.25, 0.3) is 0 Å². The van der Waals surface area contributed by atoms with Gasteiger partial charge in [-0.25, -0.2) is 0 Å². The molecule has 0 aromatic rings. The second kappa shape index (κ2) is 7.65. The van der Waals surface area contributed by atoms with Crippen molar-refractivity contribution in [1.29, 1.82) is 0 Å². The van der Waals surface area contributed by atoms with Crippen LogP contribution < -0.4 is 0 Å². The van der Waals surface area contributed by atoms with Crippen molar-refractivity contribution >= 4 is 0 Å². The average Bonchev–Trinajstić information content (AvgIpc) is 2.67. The van der Waals surface area contributed by atoms with E-state index in [9.17, 15) is 0 Å². The molecule has 0 unspecified atom stereocenters. The average molecular weight is 183 g/mol. The summed E-state index contributed by atoms with van der Waals surface area (Å²) < 4.78 is 0. The van der Waals surface area contributed by atoms with Gasteiger partial charge in [0.05, 0.1) is 0 Å². The number of allylic oxidation sites excluding steroid dienone is 8. The summed E-state index contributed by atoms with van der Waals surface area (Å²) in [5, 5.41) is 0. The van der Waals surface area contributed by atoms with Crippen LogP contribution in [0.5, 0.6) is 0 Å². The number of hydrogen-bond acceptors (Lipinski definition) is 0. The van der Waals surface area contributed by atoms with Crippen molar-refractivity contribution in [2.45, 2.75) is 12.8 Å². The van der Waals surface area contributed by atoms with Crippen LogP contribution in [0.4, 0.5) is 0 Å². The van der Waals surface area contributed by atoms with Gasteiger partial charge in [0, 0.05) is 18.6 Å². The first-order valence-electron chi connectivity index (χ1n) is 3.63. The standard InChI is InChI=1S/2C5H6.V/c2*1-2-4-5-3-1;/h2*1-4H,5H2;. The first-order chi connectivity index (χ1) is 5.00. The van der Waals surface area contributed by atoms with Gasteiger partial charge in [0.2, 0.25) is 0 Å². The molecule has 0 spiro atoms. The van der Waals surface area contributed by atoms with E-state index < -0.39 is 0 Å². The van der Waals surface area contributed by atoms with Gasteiger partial charge in [-0.2, -0.15) is 0 Å². The summed E-state index contributed by atoms with van der Waals surface area (Å²) in [7, 11) is 0. The number of rotatable bonds is 0. The summed E-state index contributed by atoms with van der Waals surface area (Å²) in [6.45, 7) is 0. The topological polar surface area (TPSA) is 0 Å². The van der Waals surface area contributed by atoms with E-state index in [1.807, 2.05) is 0 Å².